The highest BCUT2D eigenvalue weighted by atomic mass is 32.1. The first kappa shape index (κ1) is 20.3. The van der Waals surface area contributed by atoms with Crippen molar-refractivity contribution in [2.75, 3.05) is 57.8 Å². The monoisotopic (exact) mass is 405 g/mol. The Morgan fingerprint density at radius 3 is 2.89 bits per heavy atom. The van der Waals surface area contributed by atoms with Gasteiger partial charge in [-0.1, -0.05) is 12.1 Å². The molecule has 0 radical (unpaired) electrons. The maximum absolute atomic E-state index is 11.4. The summed E-state index contributed by atoms with van der Waals surface area (Å²) in [6.45, 7) is 8.23. The first-order valence-electron chi connectivity index (χ1n) is 9.73. The first-order chi connectivity index (χ1) is 13.7. The number of carbonyl (C=O) groups is 1. The van der Waals surface area contributed by atoms with Gasteiger partial charge in [-0.05, 0) is 24.6 Å². The highest BCUT2D eigenvalue weighted by Gasteiger charge is 2.22. The van der Waals surface area contributed by atoms with Gasteiger partial charge in [-0.15, -0.1) is 0 Å². The predicted octanol–water partition coefficient (Wildman–Crippen LogP) is 0.162. The van der Waals surface area contributed by atoms with Crippen LogP contribution in [-0.4, -0.2) is 68.3 Å². The number of urea groups is 1. The summed E-state index contributed by atoms with van der Waals surface area (Å²) in [5.41, 5.74) is 1.15. The lowest BCUT2D eigenvalue weighted by atomic mass is 10.1. The number of ether oxygens (including phenoxy) is 1. The second-order valence-corrected chi connectivity index (χ2v) is 7.53. The summed E-state index contributed by atoms with van der Waals surface area (Å²) in [6, 6.07) is 7.94. The summed E-state index contributed by atoms with van der Waals surface area (Å²) in [4.78, 5) is 20.0. The van der Waals surface area contributed by atoms with Crippen molar-refractivity contribution in [3.05, 3.63) is 35.7 Å². The van der Waals surface area contributed by atoms with Crippen molar-refractivity contribution in [3.8, 4) is 5.75 Å². The summed E-state index contributed by atoms with van der Waals surface area (Å²) in [5, 5.41) is 6.64. The smallest absolute Gasteiger partial charge is 0.314 e. The minimum Gasteiger partial charge on any atom is -0.497 e. The zero-order chi connectivity index (χ0) is 19.8. The normalized spacial score (nSPS) is 14.7. The van der Waals surface area contributed by atoms with Crippen molar-refractivity contribution in [2.24, 2.45) is 0 Å². The van der Waals surface area contributed by atoms with E-state index in [0.29, 0.717) is 19.5 Å². The highest BCUT2D eigenvalue weighted by molar-refractivity contribution is 7.09. The number of nitrogens with one attached hydrogen (secondary N) is 3. The minimum atomic E-state index is -0.0852. The second kappa shape index (κ2) is 10.2. The van der Waals surface area contributed by atoms with Gasteiger partial charge >= 0.3 is 6.03 Å². The summed E-state index contributed by atoms with van der Waals surface area (Å²) in [5.74, 6) is 1.71. The number of hydrogen-bond acceptors (Lipinski definition) is 6. The van der Waals surface area contributed by atoms with Crippen molar-refractivity contribution in [2.45, 2.75) is 13.3 Å². The van der Waals surface area contributed by atoms with Crippen molar-refractivity contribution in [3.63, 3.8) is 0 Å². The van der Waals surface area contributed by atoms with Crippen LogP contribution >= 0.6 is 11.5 Å². The number of methoxy groups -OCH3 is 1. The lowest BCUT2D eigenvalue weighted by Gasteiger charge is -2.31. The van der Waals surface area contributed by atoms with Gasteiger partial charge < -0.3 is 25.2 Å². The van der Waals surface area contributed by atoms with Crippen LogP contribution in [0.4, 0.5) is 9.93 Å². The number of carbonyl (C=O) groups excluding carboxylic acids is 1. The molecule has 1 fully saturated rings. The van der Waals surface area contributed by atoms with E-state index in [2.05, 4.69) is 26.0 Å². The molecular weight excluding hydrogens is 376 g/mol. The van der Waals surface area contributed by atoms with Crippen LogP contribution in [0, 0.1) is 0 Å². The molecule has 9 heteroatoms. The Morgan fingerprint density at radius 2 is 2.14 bits per heavy atom. The van der Waals surface area contributed by atoms with E-state index in [4.69, 9.17) is 9.72 Å². The van der Waals surface area contributed by atoms with Gasteiger partial charge in [-0.25, -0.2) is 9.78 Å². The number of aromatic nitrogens is 2. The molecule has 1 aromatic carbocycles. The summed E-state index contributed by atoms with van der Waals surface area (Å²) in [7, 11) is 1.68. The van der Waals surface area contributed by atoms with Crippen LogP contribution in [-0.2, 0) is 6.42 Å². The van der Waals surface area contributed by atoms with Crippen molar-refractivity contribution < 1.29 is 14.4 Å². The zero-order valence-corrected chi connectivity index (χ0v) is 17.3. The van der Waals surface area contributed by atoms with Gasteiger partial charge in [0.15, 0.2) is 0 Å². The van der Waals surface area contributed by atoms with Crippen LogP contribution in [0.15, 0.2) is 24.3 Å². The number of amides is 2. The molecule has 1 aromatic heterocycles. The molecular formula is C19H29N6O2S+. The first-order valence-corrected chi connectivity index (χ1v) is 10.5. The molecule has 3 rings (SSSR count). The molecule has 0 aliphatic carbocycles. The van der Waals surface area contributed by atoms with E-state index < -0.39 is 0 Å². The standard InChI is InChI=1S/C19H28N6O2S/c1-3-20-18(26)21-7-8-24-9-11-25(12-10-24)19-22-17(23-28-19)14-15-5-4-6-16(13-15)27-2/h4-6,13H,3,7-12,14H2,1-2H3,(H2,20,21,26)/p+1. The van der Waals surface area contributed by atoms with E-state index in [1.165, 1.54) is 16.4 Å². The Balaban J connectivity index is 1.44. The lowest BCUT2D eigenvalue weighted by Crippen LogP contribution is -3.15. The quantitative estimate of drug-likeness (QED) is 0.583. The van der Waals surface area contributed by atoms with Crippen LogP contribution in [0.5, 0.6) is 5.75 Å². The van der Waals surface area contributed by atoms with E-state index in [1.807, 2.05) is 25.1 Å². The second-order valence-electron chi connectivity index (χ2n) is 6.79. The highest BCUT2D eigenvalue weighted by Crippen LogP contribution is 2.20. The number of hydrogen-bond donors (Lipinski definition) is 3. The molecule has 0 bridgehead atoms. The van der Waals surface area contributed by atoms with Crippen molar-refractivity contribution in [1.29, 1.82) is 0 Å². The third-order valence-electron chi connectivity index (χ3n) is 4.80. The molecule has 1 saturated heterocycles. The lowest BCUT2D eigenvalue weighted by molar-refractivity contribution is -0.899. The third kappa shape index (κ3) is 5.80. The summed E-state index contributed by atoms with van der Waals surface area (Å²) in [6.07, 6.45) is 0.713. The average Bonchev–Trinajstić information content (AvgIpc) is 3.17. The number of benzene rings is 1. The molecule has 2 aromatic rings. The van der Waals surface area contributed by atoms with Crippen LogP contribution in [0.3, 0.4) is 0 Å². The number of anilines is 1. The zero-order valence-electron chi connectivity index (χ0n) is 16.5. The molecule has 1 aliphatic rings. The molecule has 3 N–H and O–H groups in total. The molecule has 0 spiro atoms. The maximum atomic E-state index is 11.4. The third-order valence-corrected chi connectivity index (χ3v) is 5.61. The fraction of sp³-hybridized carbons (Fsp3) is 0.526. The van der Waals surface area contributed by atoms with E-state index in [0.717, 1.165) is 55.0 Å². The number of quaternary nitrogens is 1. The van der Waals surface area contributed by atoms with Gasteiger partial charge in [0.05, 0.1) is 46.4 Å². The molecule has 0 atom stereocenters. The van der Waals surface area contributed by atoms with Gasteiger partial charge in [0.1, 0.15) is 11.6 Å². The van der Waals surface area contributed by atoms with Gasteiger partial charge in [-0.2, -0.15) is 4.37 Å². The summed E-state index contributed by atoms with van der Waals surface area (Å²) < 4.78 is 9.82. The average molecular weight is 406 g/mol. The maximum Gasteiger partial charge on any atom is 0.314 e. The number of piperazine rings is 1. The van der Waals surface area contributed by atoms with Crippen molar-refractivity contribution >= 4 is 22.7 Å². The molecule has 152 valence electrons. The number of nitrogens with zero attached hydrogens (tertiary/aromatic N) is 3. The van der Waals surface area contributed by atoms with E-state index in [1.54, 1.807) is 7.11 Å². The molecule has 0 saturated carbocycles. The molecule has 1 aliphatic heterocycles. The Labute approximate surface area is 170 Å². The van der Waals surface area contributed by atoms with Crippen LogP contribution < -0.4 is 25.2 Å². The van der Waals surface area contributed by atoms with Gasteiger partial charge in [-0.3, -0.25) is 0 Å². The van der Waals surface area contributed by atoms with Crippen LogP contribution in [0.25, 0.3) is 0 Å². The predicted molar refractivity (Wildman–Crippen MR) is 111 cm³/mol. The fourth-order valence-corrected chi connectivity index (χ4v) is 3.99. The Bertz CT molecular complexity index is 760. The molecule has 28 heavy (non-hydrogen) atoms. The van der Waals surface area contributed by atoms with E-state index in [9.17, 15) is 4.79 Å². The minimum absolute atomic E-state index is 0.0852. The van der Waals surface area contributed by atoms with Gasteiger partial charge in [0.2, 0.25) is 5.13 Å². The molecule has 2 heterocycles. The number of rotatable bonds is 8. The van der Waals surface area contributed by atoms with Crippen LogP contribution in [0.2, 0.25) is 0 Å². The van der Waals surface area contributed by atoms with E-state index in [-0.39, 0.29) is 6.03 Å². The molecule has 2 amide bonds. The summed E-state index contributed by atoms with van der Waals surface area (Å²) >= 11 is 1.47. The Morgan fingerprint density at radius 1 is 1.32 bits per heavy atom. The topological polar surface area (TPSA) is 83.8 Å². The van der Waals surface area contributed by atoms with Crippen molar-refractivity contribution in [1.82, 2.24) is 20.0 Å². The Hall–Kier alpha value is -2.39. The molecule has 8 nitrogen and oxygen atoms in total. The van der Waals surface area contributed by atoms with Crippen LogP contribution in [0.1, 0.15) is 18.3 Å². The largest absolute Gasteiger partial charge is 0.497 e. The SMILES string of the molecule is CCNC(=O)NCC[NH+]1CCN(c2nc(Cc3cccc(OC)c3)ns2)CC1. The van der Waals surface area contributed by atoms with Gasteiger partial charge in [0.25, 0.3) is 0 Å². The Kier molecular flexibility index (Phi) is 7.44. The molecule has 0 unspecified atom stereocenters. The van der Waals surface area contributed by atoms with E-state index >= 15 is 0 Å². The fourth-order valence-electron chi connectivity index (χ4n) is 3.25. The van der Waals surface area contributed by atoms with Gasteiger partial charge in [0, 0.05) is 24.5 Å².